The molecule has 2 aromatic carbocycles. The molecule has 0 N–H and O–H groups in total. The maximum Gasteiger partial charge on any atom is 0.417 e. The van der Waals surface area contributed by atoms with Crippen molar-refractivity contribution in [1.82, 2.24) is 4.98 Å². The number of hydrogen-bond donors (Lipinski definition) is 0. The van der Waals surface area contributed by atoms with Crippen LogP contribution in [0, 0.1) is 11.3 Å². The fourth-order valence-electron chi connectivity index (χ4n) is 2.46. The van der Waals surface area contributed by atoms with E-state index in [4.69, 9.17) is 0 Å². The average Bonchev–Trinajstić information content (AvgIpc) is 2.61. The first-order valence-electron chi connectivity index (χ1n) is 7.24. The molecule has 0 amide bonds. The van der Waals surface area contributed by atoms with Gasteiger partial charge in [0.1, 0.15) is 6.07 Å². The molecule has 25 heavy (non-hydrogen) atoms. The summed E-state index contributed by atoms with van der Waals surface area (Å²) in [4.78, 5) is 4.35. The van der Waals surface area contributed by atoms with Crippen LogP contribution in [0.2, 0.25) is 0 Å². The third-order valence-electron chi connectivity index (χ3n) is 3.62. The van der Waals surface area contributed by atoms with Gasteiger partial charge in [-0.1, -0.05) is 58.4 Å². The molecule has 0 atom stereocenters. The lowest BCUT2D eigenvalue weighted by molar-refractivity contribution is -0.137. The Bertz CT molecular complexity index is 943. The first kappa shape index (κ1) is 17.2. The first-order chi connectivity index (χ1) is 11.9. The molecule has 0 unspecified atom stereocenters. The smallest absolute Gasteiger partial charge is 0.246 e. The van der Waals surface area contributed by atoms with Gasteiger partial charge in [-0.25, -0.2) is 4.98 Å². The normalized spacial score (nSPS) is 11.2. The van der Waals surface area contributed by atoms with E-state index in [2.05, 4.69) is 20.9 Å². The lowest BCUT2D eigenvalue weighted by atomic mass is 9.98. The minimum absolute atomic E-state index is 0.0173. The van der Waals surface area contributed by atoms with Crippen molar-refractivity contribution in [2.24, 2.45) is 0 Å². The highest BCUT2D eigenvalue weighted by Gasteiger charge is 2.36. The molecule has 124 valence electrons. The topological polar surface area (TPSA) is 36.7 Å². The summed E-state index contributed by atoms with van der Waals surface area (Å²) in [5.41, 5.74) is -0.274. The van der Waals surface area contributed by atoms with Gasteiger partial charge < -0.3 is 0 Å². The number of aromatic nitrogens is 1. The van der Waals surface area contributed by atoms with Crippen LogP contribution in [0.3, 0.4) is 0 Å². The zero-order valence-electron chi connectivity index (χ0n) is 12.7. The SMILES string of the molecule is N#Cc1c(C(F)(F)F)cc(-c2ccccc2)nc1-c1ccc(Br)cc1. The summed E-state index contributed by atoms with van der Waals surface area (Å²) < 4.78 is 41.3. The summed E-state index contributed by atoms with van der Waals surface area (Å²) >= 11 is 3.29. The number of alkyl halides is 3. The van der Waals surface area contributed by atoms with Gasteiger partial charge in [0.25, 0.3) is 0 Å². The number of hydrogen-bond acceptors (Lipinski definition) is 2. The Morgan fingerprint density at radius 3 is 2.12 bits per heavy atom. The Kier molecular flexibility index (Phi) is 4.60. The number of halogens is 4. The van der Waals surface area contributed by atoms with Crippen molar-refractivity contribution >= 4 is 15.9 Å². The summed E-state index contributed by atoms with van der Waals surface area (Å²) in [5.74, 6) is 0. The molecule has 3 aromatic rings. The molecule has 0 spiro atoms. The van der Waals surface area contributed by atoms with Crippen molar-refractivity contribution in [1.29, 1.82) is 5.26 Å². The minimum atomic E-state index is -4.65. The van der Waals surface area contributed by atoms with Crippen LogP contribution in [0.1, 0.15) is 11.1 Å². The minimum Gasteiger partial charge on any atom is -0.246 e. The zero-order chi connectivity index (χ0) is 18.0. The monoisotopic (exact) mass is 402 g/mol. The van der Waals surface area contributed by atoms with Crippen LogP contribution in [0.5, 0.6) is 0 Å². The fourth-order valence-corrected chi connectivity index (χ4v) is 2.72. The quantitative estimate of drug-likeness (QED) is 0.521. The highest BCUT2D eigenvalue weighted by molar-refractivity contribution is 9.10. The molecule has 3 rings (SSSR count). The van der Waals surface area contributed by atoms with Crippen LogP contribution < -0.4 is 0 Å². The third-order valence-corrected chi connectivity index (χ3v) is 4.15. The van der Waals surface area contributed by atoms with E-state index in [1.54, 1.807) is 60.7 Å². The predicted octanol–water partition coefficient (Wildman–Crippen LogP) is 6.07. The van der Waals surface area contributed by atoms with Gasteiger partial charge in [-0.2, -0.15) is 18.4 Å². The summed E-state index contributed by atoms with van der Waals surface area (Å²) in [6, 6.07) is 17.8. The number of rotatable bonds is 2. The maximum atomic E-state index is 13.5. The number of nitriles is 1. The third kappa shape index (κ3) is 3.57. The Hall–Kier alpha value is -2.65. The molecule has 0 aliphatic heterocycles. The summed E-state index contributed by atoms with van der Waals surface area (Å²) in [5, 5.41) is 9.34. The second-order valence-corrected chi connectivity index (χ2v) is 6.18. The predicted molar refractivity (Wildman–Crippen MR) is 92.5 cm³/mol. The number of pyridine rings is 1. The number of benzene rings is 2. The molecule has 1 aromatic heterocycles. The van der Waals surface area contributed by atoms with Crippen molar-refractivity contribution in [3.05, 3.63) is 76.3 Å². The van der Waals surface area contributed by atoms with Crippen LogP contribution in [-0.4, -0.2) is 4.98 Å². The molecular weight excluding hydrogens is 393 g/mol. The van der Waals surface area contributed by atoms with Gasteiger partial charge in [0, 0.05) is 15.6 Å². The van der Waals surface area contributed by atoms with E-state index in [-0.39, 0.29) is 11.4 Å². The number of nitrogens with zero attached hydrogens (tertiary/aromatic N) is 2. The largest absolute Gasteiger partial charge is 0.417 e. The van der Waals surface area contributed by atoms with E-state index in [1.165, 1.54) is 0 Å². The molecule has 0 bridgehead atoms. The molecule has 0 saturated carbocycles. The molecule has 2 nitrogen and oxygen atoms in total. The van der Waals surface area contributed by atoms with E-state index in [9.17, 15) is 18.4 Å². The van der Waals surface area contributed by atoms with Gasteiger partial charge in [-0.15, -0.1) is 0 Å². The molecule has 6 heteroatoms. The van der Waals surface area contributed by atoms with Crippen molar-refractivity contribution in [2.45, 2.75) is 6.18 Å². The van der Waals surface area contributed by atoms with Gasteiger partial charge in [0.2, 0.25) is 0 Å². The Morgan fingerprint density at radius 1 is 0.920 bits per heavy atom. The van der Waals surface area contributed by atoms with Gasteiger partial charge in [0.05, 0.1) is 22.5 Å². The standard InChI is InChI=1S/C19H10BrF3N2/c20-14-8-6-13(7-9-14)18-15(11-24)16(19(21,22)23)10-17(25-18)12-4-2-1-3-5-12/h1-10H. The lowest BCUT2D eigenvalue weighted by Gasteiger charge is -2.15. The molecule has 0 aliphatic rings. The Balaban J connectivity index is 2.32. The van der Waals surface area contributed by atoms with Crippen LogP contribution in [-0.2, 0) is 6.18 Å². The maximum absolute atomic E-state index is 13.5. The van der Waals surface area contributed by atoms with Crippen LogP contribution in [0.4, 0.5) is 13.2 Å². The summed E-state index contributed by atoms with van der Waals surface area (Å²) in [6.07, 6.45) is -4.65. The second-order valence-electron chi connectivity index (χ2n) is 5.26. The Labute approximate surface area is 150 Å². The van der Waals surface area contributed by atoms with E-state index in [0.717, 1.165) is 10.5 Å². The van der Waals surface area contributed by atoms with Gasteiger partial charge in [0.15, 0.2) is 0 Å². The van der Waals surface area contributed by atoms with Crippen molar-refractivity contribution < 1.29 is 13.2 Å². The lowest BCUT2D eigenvalue weighted by Crippen LogP contribution is -2.10. The van der Waals surface area contributed by atoms with Crippen LogP contribution in [0.15, 0.2) is 65.1 Å². The van der Waals surface area contributed by atoms with E-state index in [1.807, 2.05) is 0 Å². The van der Waals surface area contributed by atoms with E-state index in [0.29, 0.717) is 11.1 Å². The summed E-state index contributed by atoms with van der Waals surface area (Å²) in [6.45, 7) is 0. The molecule has 0 radical (unpaired) electrons. The van der Waals surface area contributed by atoms with Crippen molar-refractivity contribution in [3.8, 4) is 28.6 Å². The molecule has 0 fully saturated rings. The van der Waals surface area contributed by atoms with Gasteiger partial charge in [-0.05, 0) is 18.2 Å². The molecule has 0 saturated heterocycles. The highest BCUT2D eigenvalue weighted by atomic mass is 79.9. The molecular formula is C19H10BrF3N2. The molecule has 0 aliphatic carbocycles. The summed E-state index contributed by atoms with van der Waals surface area (Å²) in [7, 11) is 0. The van der Waals surface area contributed by atoms with Crippen LogP contribution in [0.25, 0.3) is 22.5 Å². The highest BCUT2D eigenvalue weighted by Crippen LogP contribution is 2.38. The van der Waals surface area contributed by atoms with Crippen LogP contribution >= 0.6 is 15.9 Å². The van der Waals surface area contributed by atoms with Crippen molar-refractivity contribution in [2.75, 3.05) is 0 Å². The first-order valence-corrected chi connectivity index (χ1v) is 8.03. The van der Waals surface area contributed by atoms with Gasteiger partial charge >= 0.3 is 6.18 Å². The second kappa shape index (κ2) is 6.69. The molecule has 1 heterocycles. The van der Waals surface area contributed by atoms with Gasteiger partial charge in [-0.3, -0.25) is 0 Å². The average molecular weight is 403 g/mol. The van der Waals surface area contributed by atoms with E-state index >= 15 is 0 Å². The Morgan fingerprint density at radius 2 is 1.56 bits per heavy atom. The fraction of sp³-hybridized carbons (Fsp3) is 0.0526. The van der Waals surface area contributed by atoms with E-state index < -0.39 is 17.3 Å². The van der Waals surface area contributed by atoms with Crippen molar-refractivity contribution in [3.63, 3.8) is 0 Å². The zero-order valence-corrected chi connectivity index (χ0v) is 14.3.